The minimum Gasteiger partial charge on any atom is -0.365 e. The second-order valence-electron chi connectivity index (χ2n) is 5.30. The third-order valence-corrected chi connectivity index (χ3v) is 3.54. The van der Waals surface area contributed by atoms with Crippen molar-refractivity contribution < 1.29 is 0 Å². The Bertz CT molecular complexity index is 598. The maximum Gasteiger partial charge on any atom is 0.150 e. The van der Waals surface area contributed by atoms with Crippen molar-refractivity contribution in [3.63, 3.8) is 0 Å². The Labute approximate surface area is 118 Å². The fraction of sp³-hybridized carbons (Fsp3) is 0.571. The standard InChI is InChI=1S/C14H20N6/c1-4-12-18-14-6-5-11(8-20(14)19-12)17-13-7-9(2)15-10(3)16-13/h7,11H,4-6,8H2,1-3H3,(H,15,16,17). The molecule has 1 aliphatic rings. The first-order chi connectivity index (χ1) is 9.64. The zero-order valence-corrected chi connectivity index (χ0v) is 12.2. The summed E-state index contributed by atoms with van der Waals surface area (Å²) in [7, 11) is 0. The van der Waals surface area contributed by atoms with Gasteiger partial charge in [0.25, 0.3) is 0 Å². The Morgan fingerprint density at radius 1 is 1.30 bits per heavy atom. The predicted molar refractivity (Wildman–Crippen MR) is 76.6 cm³/mol. The molecule has 0 saturated carbocycles. The van der Waals surface area contributed by atoms with Crippen LogP contribution in [0.3, 0.4) is 0 Å². The highest BCUT2D eigenvalue weighted by molar-refractivity contribution is 5.37. The van der Waals surface area contributed by atoms with Crippen LogP contribution in [0.1, 0.15) is 36.5 Å². The van der Waals surface area contributed by atoms with Gasteiger partial charge in [0.05, 0.1) is 6.54 Å². The Hall–Kier alpha value is -1.98. The number of nitrogens with zero attached hydrogens (tertiary/aromatic N) is 5. The molecule has 106 valence electrons. The summed E-state index contributed by atoms with van der Waals surface area (Å²) < 4.78 is 2.03. The summed E-state index contributed by atoms with van der Waals surface area (Å²) in [5.74, 6) is 3.75. The summed E-state index contributed by atoms with van der Waals surface area (Å²) in [6.07, 6.45) is 2.92. The average molecular weight is 272 g/mol. The summed E-state index contributed by atoms with van der Waals surface area (Å²) in [5.41, 5.74) is 0.991. The summed E-state index contributed by atoms with van der Waals surface area (Å²) >= 11 is 0. The number of hydrogen-bond donors (Lipinski definition) is 1. The second kappa shape index (κ2) is 5.19. The van der Waals surface area contributed by atoms with E-state index in [1.807, 2.05) is 24.6 Å². The van der Waals surface area contributed by atoms with E-state index in [2.05, 4.69) is 32.3 Å². The fourth-order valence-corrected chi connectivity index (χ4v) is 2.63. The van der Waals surface area contributed by atoms with Crippen molar-refractivity contribution in [3.8, 4) is 0 Å². The molecule has 1 aliphatic heterocycles. The fourth-order valence-electron chi connectivity index (χ4n) is 2.63. The largest absolute Gasteiger partial charge is 0.365 e. The van der Waals surface area contributed by atoms with Crippen LogP contribution in [0.5, 0.6) is 0 Å². The van der Waals surface area contributed by atoms with Gasteiger partial charge in [-0.15, -0.1) is 0 Å². The van der Waals surface area contributed by atoms with E-state index < -0.39 is 0 Å². The van der Waals surface area contributed by atoms with E-state index >= 15 is 0 Å². The molecule has 0 amide bonds. The number of fused-ring (bicyclic) bond motifs is 1. The lowest BCUT2D eigenvalue weighted by Crippen LogP contribution is -2.32. The highest BCUT2D eigenvalue weighted by Gasteiger charge is 2.21. The molecular weight excluding hydrogens is 252 g/mol. The summed E-state index contributed by atoms with van der Waals surface area (Å²) in [5, 5.41) is 8.02. The molecule has 0 radical (unpaired) electrons. The van der Waals surface area contributed by atoms with Crippen molar-refractivity contribution >= 4 is 5.82 Å². The van der Waals surface area contributed by atoms with Gasteiger partial charge in [0, 0.05) is 30.6 Å². The number of aryl methyl sites for hydroxylation is 4. The molecule has 0 aliphatic carbocycles. The van der Waals surface area contributed by atoms with Gasteiger partial charge in [-0.2, -0.15) is 5.10 Å². The minimum atomic E-state index is 0.350. The lowest BCUT2D eigenvalue weighted by atomic mass is 10.1. The Kier molecular flexibility index (Phi) is 3.38. The first kappa shape index (κ1) is 13.0. The number of anilines is 1. The molecule has 0 saturated heterocycles. The molecule has 3 heterocycles. The van der Waals surface area contributed by atoms with Crippen LogP contribution < -0.4 is 5.32 Å². The van der Waals surface area contributed by atoms with Crippen molar-refractivity contribution in [2.24, 2.45) is 0 Å². The number of nitrogens with one attached hydrogen (secondary N) is 1. The van der Waals surface area contributed by atoms with Crippen LogP contribution in [-0.2, 0) is 19.4 Å². The molecule has 0 aromatic carbocycles. The van der Waals surface area contributed by atoms with Gasteiger partial charge >= 0.3 is 0 Å². The van der Waals surface area contributed by atoms with Crippen molar-refractivity contribution in [1.29, 1.82) is 0 Å². The quantitative estimate of drug-likeness (QED) is 0.920. The topological polar surface area (TPSA) is 68.5 Å². The minimum absolute atomic E-state index is 0.350. The van der Waals surface area contributed by atoms with E-state index in [1.54, 1.807) is 0 Å². The van der Waals surface area contributed by atoms with Crippen LogP contribution in [0.15, 0.2) is 6.07 Å². The van der Waals surface area contributed by atoms with Crippen LogP contribution in [0.25, 0.3) is 0 Å². The molecule has 6 nitrogen and oxygen atoms in total. The van der Waals surface area contributed by atoms with Crippen molar-refractivity contribution in [2.45, 2.75) is 52.6 Å². The van der Waals surface area contributed by atoms with Crippen molar-refractivity contribution in [3.05, 3.63) is 29.2 Å². The molecule has 2 aromatic heterocycles. The van der Waals surface area contributed by atoms with E-state index in [9.17, 15) is 0 Å². The molecule has 1 N–H and O–H groups in total. The van der Waals surface area contributed by atoms with Crippen LogP contribution in [0, 0.1) is 13.8 Å². The zero-order chi connectivity index (χ0) is 14.1. The van der Waals surface area contributed by atoms with Crippen molar-refractivity contribution in [2.75, 3.05) is 5.32 Å². The molecule has 0 bridgehead atoms. The zero-order valence-electron chi connectivity index (χ0n) is 12.2. The third kappa shape index (κ3) is 2.64. The maximum absolute atomic E-state index is 4.54. The van der Waals surface area contributed by atoms with E-state index in [0.717, 1.165) is 54.8 Å². The first-order valence-electron chi connectivity index (χ1n) is 7.15. The molecule has 3 rings (SSSR count). The van der Waals surface area contributed by atoms with Crippen molar-refractivity contribution in [1.82, 2.24) is 24.7 Å². The molecule has 2 aromatic rings. The van der Waals surface area contributed by atoms with Gasteiger partial charge < -0.3 is 5.32 Å². The first-order valence-corrected chi connectivity index (χ1v) is 7.15. The molecule has 0 spiro atoms. The van der Waals surface area contributed by atoms with Crippen LogP contribution >= 0.6 is 0 Å². The Balaban J connectivity index is 1.73. The van der Waals surface area contributed by atoms with Gasteiger partial charge in [-0.05, 0) is 20.3 Å². The molecular formula is C14H20N6. The Morgan fingerprint density at radius 2 is 2.15 bits per heavy atom. The van der Waals surface area contributed by atoms with Gasteiger partial charge in [-0.1, -0.05) is 6.92 Å². The lowest BCUT2D eigenvalue weighted by Gasteiger charge is -2.24. The molecule has 1 atom stereocenters. The summed E-state index contributed by atoms with van der Waals surface area (Å²) in [6.45, 7) is 6.85. The second-order valence-corrected chi connectivity index (χ2v) is 5.30. The molecule has 6 heteroatoms. The van der Waals surface area contributed by atoms with E-state index in [4.69, 9.17) is 0 Å². The molecule has 1 unspecified atom stereocenters. The maximum atomic E-state index is 4.54. The molecule has 20 heavy (non-hydrogen) atoms. The van der Waals surface area contributed by atoms with Crippen LogP contribution in [0.2, 0.25) is 0 Å². The van der Waals surface area contributed by atoms with Gasteiger partial charge in [0.15, 0.2) is 5.82 Å². The average Bonchev–Trinajstić information content (AvgIpc) is 2.79. The number of rotatable bonds is 3. The summed E-state index contributed by atoms with van der Waals surface area (Å²) in [6, 6.07) is 2.34. The highest BCUT2D eigenvalue weighted by atomic mass is 15.4. The van der Waals surface area contributed by atoms with E-state index in [-0.39, 0.29) is 0 Å². The van der Waals surface area contributed by atoms with Gasteiger partial charge in [0.1, 0.15) is 17.5 Å². The third-order valence-electron chi connectivity index (χ3n) is 3.54. The monoisotopic (exact) mass is 272 g/mol. The molecule has 0 fully saturated rings. The number of aromatic nitrogens is 5. The number of hydrogen-bond acceptors (Lipinski definition) is 5. The SMILES string of the molecule is CCc1nc2n(n1)CC(Nc1cc(C)nc(C)n1)CC2. The summed E-state index contributed by atoms with van der Waals surface area (Å²) in [4.78, 5) is 13.3. The predicted octanol–water partition coefficient (Wildman–Crippen LogP) is 1.67. The normalized spacial score (nSPS) is 17.9. The Morgan fingerprint density at radius 3 is 2.90 bits per heavy atom. The smallest absolute Gasteiger partial charge is 0.150 e. The van der Waals surface area contributed by atoms with E-state index in [1.165, 1.54) is 0 Å². The lowest BCUT2D eigenvalue weighted by molar-refractivity contribution is 0.439. The van der Waals surface area contributed by atoms with Crippen LogP contribution in [-0.4, -0.2) is 30.8 Å². The van der Waals surface area contributed by atoms with Gasteiger partial charge in [-0.3, -0.25) is 0 Å². The van der Waals surface area contributed by atoms with Crippen LogP contribution in [0.4, 0.5) is 5.82 Å². The van der Waals surface area contributed by atoms with E-state index in [0.29, 0.717) is 6.04 Å². The van der Waals surface area contributed by atoms with Gasteiger partial charge in [0.2, 0.25) is 0 Å². The highest BCUT2D eigenvalue weighted by Crippen LogP contribution is 2.17. The van der Waals surface area contributed by atoms with Gasteiger partial charge in [-0.25, -0.2) is 19.6 Å².